The second kappa shape index (κ2) is 4.18. The van der Waals surface area contributed by atoms with E-state index in [1.54, 1.807) is 0 Å². The Morgan fingerprint density at radius 3 is 2.33 bits per heavy atom. The third-order valence-electron chi connectivity index (χ3n) is 1.84. The molecule has 1 N–H and O–H groups in total. The highest BCUT2D eigenvalue weighted by Gasteiger charge is 2.22. The Hall–Kier alpha value is -0.170. The lowest BCUT2D eigenvalue weighted by atomic mass is 10.2. The molecule has 0 amide bonds. The molecular formula is C6H14N2O3S. The highest BCUT2D eigenvalue weighted by Crippen LogP contribution is 2.11. The van der Waals surface area contributed by atoms with Crippen LogP contribution in [-0.2, 0) is 15.0 Å². The van der Waals surface area contributed by atoms with Gasteiger partial charge in [-0.25, -0.2) is 0 Å². The Balaban J connectivity index is 2.54. The summed E-state index contributed by atoms with van der Waals surface area (Å²) in [4.78, 5) is 6.37. The summed E-state index contributed by atoms with van der Waals surface area (Å²) in [6.07, 6.45) is 2.98. The Labute approximate surface area is 72.8 Å². The zero-order valence-corrected chi connectivity index (χ0v) is 7.93. The second-order valence-electron chi connectivity index (χ2n) is 2.75. The monoisotopic (exact) mass is 194 g/mol. The van der Waals surface area contributed by atoms with Gasteiger partial charge in [-0.2, -0.15) is 12.7 Å². The van der Waals surface area contributed by atoms with Crippen LogP contribution in [0, 0.1) is 0 Å². The molecule has 1 aliphatic rings. The lowest BCUT2D eigenvalue weighted by Crippen LogP contribution is -2.42. The number of nitrogens with one attached hydrogen (secondary N) is 1. The van der Waals surface area contributed by atoms with Crippen molar-refractivity contribution in [1.82, 2.24) is 9.19 Å². The molecule has 5 nitrogen and oxygen atoms in total. The van der Waals surface area contributed by atoms with E-state index in [-0.39, 0.29) is 0 Å². The molecule has 0 aliphatic carbocycles. The highest BCUT2D eigenvalue weighted by atomic mass is 32.2. The maximum Gasteiger partial charge on any atom is 0.301 e. The average Bonchev–Trinajstić information content (AvgIpc) is 2.06. The summed E-state index contributed by atoms with van der Waals surface area (Å²) in [6.45, 7) is 1.19. The van der Waals surface area contributed by atoms with E-state index in [0.29, 0.717) is 13.1 Å². The van der Waals surface area contributed by atoms with Crippen molar-refractivity contribution in [2.75, 3.05) is 20.2 Å². The van der Waals surface area contributed by atoms with Gasteiger partial charge in [0.1, 0.15) is 0 Å². The Bertz CT molecular complexity index is 221. The van der Waals surface area contributed by atoms with Gasteiger partial charge in [-0.05, 0) is 12.8 Å². The average molecular weight is 194 g/mol. The first kappa shape index (κ1) is 9.91. The van der Waals surface area contributed by atoms with Crippen molar-refractivity contribution in [2.24, 2.45) is 0 Å². The first-order valence-corrected chi connectivity index (χ1v) is 5.40. The van der Waals surface area contributed by atoms with Gasteiger partial charge in [0.25, 0.3) is 0 Å². The molecule has 0 atom stereocenters. The van der Waals surface area contributed by atoms with Crippen LogP contribution in [-0.4, -0.2) is 32.9 Å². The van der Waals surface area contributed by atoms with Gasteiger partial charge in [0.15, 0.2) is 0 Å². The van der Waals surface area contributed by atoms with Gasteiger partial charge in [-0.3, -0.25) is 4.84 Å². The third-order valence-corrected chi connectivity index (χ3v) is 3.27. The first-order valence-electron chi connectivity index (χ1n) is 3.96. The summed E-state index contributed by atoms with van der Waals surface area (Å²) in [7, 11) is -2.08. The number of rotatable bonds is 3. The number of nitrogens with zero attached hydrogens (tertiary/aromatic N) is 1. The summed E-state index contributed by atoms with van der Waals surface area (Å²) in [5.74, 6) is 0. The predicted molar refractivity (Wildman–Crippen MR) is 44.5 cm³/mol. The van der Waals surface area contributed by atoms with Gasteiger partial charge in [0.05, 0.1) is 7.11 Å². The van der Waals surface area contributed by atoms with E-state index in [4.69, 9.17) is 0 Å². The quantitative estimate of drug-likeness (QED) is 0.637. The van der Waals surface area contributed by atoms with Crippen molar-refractivity contribution in [3.8, 4) is 0 Å². The van der Waals surface area contributed by atoms with Crippen LogP contribution in [0.25, 0.3) is 0 Å². The van der Waals surface area contributed by atoms with E-state index in [2.05, 4.69) is 4.84 Å². The molecule has 1 heterocycles. The van der Waals surface area contributed by atoms with Crippen LogP contribution in [0.15, 0.2) is 0 Å². The summed E-state index contributed by atoms with van der Waals surface area (Å²) >= 11 is 0. The van der Waals surface area contributed by atoms with Crippen LogP contribution in [0.3, 0.4) is 0 Å². The Morgan fingerprint density at radius 2 is 1.83 bits per heavy atom. The van der Waals surface area contributed by atoms with Crippen LogP contribution < -0.4 is 4.89 Å². The van der Waals surface area contributed by atoms with Crippen LogP contribution in [0.1, 0.15) is 19.3 Å². The molecule has 1 fully saturated rings. The molecule has 0 spiro atoms. The lowest BCUT2D eigenvalue weighted by Gasteiger charge is -2.24. The standard InChI is InChI=1S/C6H14N2O3S/c1-11-7-12(9,10)8-5-3-2-4-6-8/h7H,2-6H2,1H3. The van der Waals surface area contributed by atoms with Crippen LogP contribution in [0.4, 0.5) is 0 Å². The molecule has 0 aromatic rings. The normalized spacial score (nSPS) is 21.1. The maximum atomic E-state index is 11.3. The zero-order chi connectivity index (χ0) is 9.03. The van der Waals surface area contributed by atoms with Crippen molar-refractivity contribution >= 4 is 10.2 Å². The number of piperidine rings is 1. The van der Waals surface area contributed by atoms with Gasteiger partial charge in [0.2, 0.25) is 0 Å². The van der Waals surface area contributed by atoms with E-state index in [1.807, 2.05) is 4.89 Å². The molecule has 0 unspecified atom stereocenters. The molecule has 0 aromatic carbocycles. The molecule has 1 rings (SSSR count). The molecule has 72 valence electrons. The fourth-order valence-electron chi connectivity index (χ4n) is 1.26. The second-order valence-corrected chi connectivity index (χ2v) is 4.39. The van der Waals surface area contributed by atoms with Gasteiger partial charge >= 0.3 is 10.2 Å². The molecule has 1 aliphatic heterocycles. The summed E-state index contributed by atoms with van der Waals surface area (Å²) < 4.78 is 24.0. The molecule has 12 heavy (non-hydrogen) atoms. The predicted octanol–water partition coefficient (Wildman–Crippen LogP) is -0.132. The minimum atomic E-state index is -3.37. The van der Waals surface area contributed by atoms with E-state index >= 15 is 0 Å². The van der Waals surface area contributed by atoms with Crippen LogP contribution in [0.2, 0.25) is 0 Å². The maximum absolute atomic E-state index is 11.3. The van der Waals surface area contributed by atoms with E-state index in [0.717, 1.165) is 19.3 Å². The van der Waals surface area contributed by atoms with Gasteiger partial charge in [-0.15, -0.1) is 0 Å². The summed E-state index contributed by atoms with van der Waals surface area (Å²) in [5.41, 5.74) is 0. The molecule has 1 saturated heterocycles. The van der Waals surface area contributed by atoms with Gasteiger partial charge < -0.3 is 0 Å². The fourth-order valence-corrected chi connectivity index (χ4v) is 2.32. The first-order chi connectivity index (χ1) is 5.67. The molecule has 0 aromatic heterocycles. The minimum absolute atomic E-state index is 0.596. The van der Waals surface area contributed by atoms with Gasteiger partial charge in [0, 0.05) is 13.1 Å². The largest absolute Gasteiger partial charge is 0.301 e. The smallest absolute Gasteiger partial charge is 0.289 e. The molecule has 0 radical (unpaired) electrons. The van der Waals surface area contributed by atoms with Crippen LogP contribution in [0.5, 0.6) is 0 Å². The molecule has 0 saturated carbocycles. The van der Waals surface area contributed by atoms with E-state index < -0.39 is 10.2 Å². The van der Waals surface area contributed by atoms with Crippen molar-refractivity contribution in [1.29, 1.82) is 0 Å². The number of hydrogen-bond acceptors (Lipinski definition) is 3. The molecular weight excluding hydrogens is 180 g/mol. The molecule has 6 heteroatoms. The van der Waals surface area contributed by atoms with Crippen molar-refractivity contribution in [3.63, 3.8) is 0 Å². The Morgan fingerprint density at radius 1 is 1.25 bits per heavy atom. The number of hydrogen-bond donors (Lipinski definition) is 1. The van der Waals surface area contributed by atoms with Crippen molar-refractivity contribution in [3.05, 3.63) is 0 Å². The van der Waals surface area contributed by atoms with E-state index in [1.165, 1.54) is 11.4 Å². The summed E-state index contributed by atoms with van der Waals surface area (Å²) in [5, 5.41) is 0. The van der Waals surface area contributed by atoms with Gasteiger partial charge in [-0.1, -0.05) is 11.3 Å². The minimum Gasteiger partial charge on any atom is -0.289 e. The summed E-state index contributed by atoms with van der Waals surface area (Å²) in [6, 6.07) is 0. The van der Waals surface area contributed by atoms with Crippen molar-refractivity contribution in [2.45, 2.75) is 19.3 Å². The lowest BCUT2D eigenvalue weighted by molar-refractivity contribution is 0.143. The zero-order valence-electron chi connectivity index (χ0n) is 7.12. The SMILES string of the molecule is CONS(=O)(=O)N1CCCCC1. The van der Waals surface area contributed by atoms with Crippen LogP contribution >= 0.6 is 0 Å². The topological polar surface area (TPSA) is 58.6 Å². The third kappa shape index (κ3) is 2.41. The molecule has 0 bridgehead atoms. The fraction of sp³-hybridized carbons (Fsp3) is 1.00. The Kier molecular flexibility index (Phi) is 3.45. The highest BCUT2D eigenvalue weighted by molar-refractivity contribution is 7.87. The van der Waals surface area contributed by atoms with Crippen molar-refractivity contribution < 1.29 is 13.3 Å². The van der Waals surface area contributed by atoms with E-state index in [9.17, 15) is 8.42 Å².